The molecule has 1 aliphatic rings. The fraction of sp³-hybridized carbons (Fsp3) is 0.429. The molecule has 3 N–H and O–H groups in total. The first-order chi connectivity index (χ1) is 9.09. The lowest BCUT2D eigenvalue weighted by Gasteiger charge is -2.38. The van der Waals surface area contributed by atoms with E-state index in [1.165, 1.54) is 30.6 Å². The summed E-state index contributed by atoms with van der Waals surface area (Å²) >= 11 is 1.41. The minimum absolute atomic E-state index is 0.0753. The van der Waals surface area contributed by atoms with Gasteiger partial charge in [-0.2, -0.15) is 0 Å². The van der Waals surface area contributed by atoms with Gasteiger partial charge < -0.3 is 11.1 Å². The van der Waals surface area contributed by atoms with E-state index in [4.69, 9.17) is 5.73 Å². The van der Waals surface area contributed by atoms with E-state index in [1.807, 2.05) is 12.1 Å². The highest BCUT2D eigenvalue weighted by Gasteiger charge is 2.32. The van der Waals surface area contributed by atoms with Crippen LogP contribution in [0.15, 0.2) is 18.3 Å². The van der Waals surface area contributed by atoms with Crippen LogP contribution < -0.4 is 11.1 Å². The second-order valence-electron chi connectivity index (χ2n) is 5.54. The lowest BCUT2D eigenvalue weighted by atomic mass is 9.70. The lowest BCUT2D eigenvalue weighted by Crippen LogP contribution is -2.39. The maximum absolute atomic E-state index is 12.2. The summed E-state index contributed by atoms with van der Waals surface area (Å²) in [7, 11) is 0. The molecule has 2 heterocycles. The van der Waals surface area contributed by atoms with Gasteiger partial charge >= 0.3 is 0 Å². The Hall–Kier alpha value is -1.62. The minimum atomic E-state index is -0.0753. The van der Waals surface area contributed by atoms with Gasteiger partial charge in [-0.15, -0.1) is 11.3 Å². The highest BCUT2D eigenvalue weighted by molar-refractivity contribution is 7.21. The third kappa shape index (κ3) is 2.18. The smallest absolute Gasteiger partial charge is 0.263 e. The number of fused-ring (bicyclic) bond motifs is 1. The summed E-state index contributed by atoms with van der Waals surface area (Å²) in [6.07, 6.45) is 5.34. The SMILES string of the molecule is CC1(CNC(=O)c2sc3cccnc3c2N)CCC1. The van der Waals surface area contributed by atoms with Crippen molar-refractivity contribution < 1.29 is 4.79 Å². The van der Waals surface area contributed by atoms with Gasteiger partial charge in [0.2, 0.25) is 0 Å². The molecule has 0 radical (unpaired) electrons. The molecule has 0 aliphatic heterocycles. The van der Waals surface area contributed by atoms with E-state index in [1.54, 1.807) is 6.20 Å². The maximum Gasteiger partial charge on any atom is 0.263 e. The first-order valence-corrected chi connectivity index (χ1v) is 7.32. The van der Waals surface area contributed by atoms with Crippen molar-refractivity contribution in [3.63, 3.8) is 0 Å². The number of nitrogens with two attached hydrogens (primary N) is 1. The van der Waals surface area contributed by atoms with Gasteiger partial charge in [-0.3, -0.25) is 9.78 Å². The number of nitrogens with one attached hydrogen (secondary N) is 1. The number of carbonyl (C=O) groups is 1. The fourth-order valence-electron chi connectivity index (χ4n) is 2.45. The summed E-state index contributed by atoms with van der Waals surface area (Å²) in [5.41, 5.74) is 7.52. The molecule has 1 fully saturated rings. The molecule has 0 bridgehead atoms. The van der Waals surface area contributed by atoms with E-state index >= 15 is 0 Å². The molecule has 2 aromatic rings. The Labute approximate surface area is 116 Å². The summed E-state index contributed by atoms with van der Waals surface area (Å²) in [6.45, 7) is 2.94. The Morgan fingerprint density at radius 2 is 2.37 bits per heavy atom. The summed E-state index contributed by atoms with van der Waals surface area (Å²) in [5.74, 6) is -0.0753. The molecule has 0 unspecified atom stereocenters. The first kappa shape index (κ1) is 12.4. The van der Waals surface area contributed by atoms with E-state index in [0.717, 1.165) is 16.8 Å². The van der Waals surface area contributed by atoms with Crippen LogP contribution in [0.3, 0.4) is 0 Å². The van der Waals surface area contributed by atoms with Crippen LogP contribution in [-0.4, -0.2) is 17.4 Å². The minimum Gasteiger partial charge on any atom is -0.396 e. The quantitative estimate of drug-likeness (QED) is 0.905. The summed E-state index contributed by atoms with van der Waals surface area (Å²) in [6, 6.07) is 3.79. The maximum atomic E-state index is 12.2. The van der Waals surface area contributed by atoms with Crippen LogP contribution in [0.25, 0.3) is 10.2 Å². The number of aromatic nitrogens is 1. The Kier molecular flexibility index (Phi) is 2.93. The van der Waals surface area contributed by atoms with Crippen LogP contribution in [0.5, 0.6) is 0 Å². The first-order valence-electron chi connectivity index (χ1n) is 6.50. The zero-order chi connectivity index (χ0) is 13.5. The van der Waals surface area contributed by atoms with Gasteiger partial charge in [0.15, 0.2) is 0 Å². The molecule has 2 aromatic heterocycles. The highest BCUT2D eigenvalue weighted by Crippen LogP contribution is 2.39. The summed E-state index contributed by atoms with van der Waals surface area (Å²) in [5, 5.41) is 3.01. The van der Waals surface area contributed by atoms with E-state index in [2.05, 4.69) is 17.2 Å². The zero-order valence-corrected chi connectivity index (χ0v) is 11.7. The standard InChI is InChI=1S/C14H17N3OS/c1-14(5-3-6-14)8-17-13(18)12-10(15)11-9(19-12)4-2-7-16-11/h2,4,7H,3,5-6,8,15H2,1H3,(H,17,18). The molecule has 0 saturated heterocycles. The van der Waals surface area contributed by atoms with Gasteiger partial charge in [0, 0.05) is 12.7 Å². The highest BCUT2D eigenvalue weighted by atomic mass is 32.1. The summed E-state index contributed by atoms with van der Waals surface area (Å²) in [4.78, 5) is 17.0. The third-order valence-corrected chi connectivity index (χ3v) is 5.08. The van der Waals surface area contributed by atoms with Crippen LogP contribution >= 0.6 is 11.3 Å². The molecule has 0 atom stereocenters. The monoisotopic (exact) mass is 275 g/mol. The molecule has 4 nitrogen and oxygen atoms in total. The second-order valence-corrected chi connectivity index (χ2v) is 6.59. The number of nitrogen functional groups attached to an aromatic ring is 1. The Bertz CT molecular complexity index is 631. The molecule has 1 saturated carbocycles. The van der Waals surface area contributed by atoms with Gasteiger partial charge in [-0.05, 0) is 30.4 Å². The topological polar surface area (TPSA) is 68.0 Å². The number of anilines is 1. The molecule has 100 valence electrons. The number of hydrogen-bond donors (Lipinski definition) is 2. The normalized spacial score (nSPS) is 17.1. The molecule has 0 spiro atoms. The van der Waals surface area contributed by atoms with E-state index in [9.17, 15) is 4.79 Å². The largest absolute Gasteiger partial charge is 0.396 e. The van der Waals surface area contributed by atoms with Gasteiger partial charge in [0.1, 0.15) is 10.4 Å². The van der Waals surface area contributed by atoms with Gasteiger partial charge in [0.05, 0.1) is 10.4 Å². The van der Waals surface area contributed by atoms with Crippen molar-refractivity contribution in [3.05, 3.63) is 23.2 Å². The third-order valence-electron chi connectivity index (χ3n) is 3.93. The predicted molar refractivity (Wildman–Crippen MR) is 78.3 cm³/mol. The van der Waals surface area contributed by atoms with Crippen molar-refractivity contribution in [2.24, 2.45) is 5.41 Å². The number of rotatable bonds is 3. The van der Waals surface area contributed by atoms with Crippen molar-refractivity contribution >= 4 is 33.1 Å². The molecule has 3 rings (SSSR count). The number of amides is 1. The van der Waals surface area contributed by atoms with Crippen LogP contribution in [0, 0.1) is 5.41 Å². The van der Waals surface area contributed by atoms with Crippen molar-refractivity contribution in [2.75, 3.05) is 12.3 Å². The van der Waals surface area contributed by atoms with Crippen LogP contribution in [-0.2, 0) is 0 Å². The van der Waals surface area contributed by atoms with E-state index in [0.29, 0.717) is 10.6 Å². The number of nitrogens with zero attached hydrogens (tertiary/aromatic N) is 1. The van der Waals surface area contributed by atoms with Crippen LogP contribution in [0.1, 0.15) is 35.9 Å². The number of pyridine rings is 1. The molecule has 1 aliphatic carbocycles. The summed E-state index contributed by atoms with van der Waals surface area (Å²) < 4.78 is 0.958. The molecular formula is C14H17N3OS. The zero-order valence-electron chi connectivity index (χ0n) is 10.9. The van der Waals surface area contributed by atoms with Crippen molar-refractivity contribution in [1.29, 1.82) is 0 Å². The second kappa shape index (κ2) is 4.49. The molecule has 5 heteroatoms. The molecular weight excluding hydrogens is 258 g/mol. The Morgan fingerprint density at radius 3 is 3.00 bits per heavy atom. The van der Waals surface area contributed by atoms with Crippen molar-refractivity contribution in [3.8, 4) is 0 Å². The van der Waals surface area contributed by atoms with Gasteiger partial charge in [-0.25, -0.2) is 0 Å². The van der Waals surface area contributed by atoms with Crippen molar-refractivity contribution in [2.45, 2.75) is 26.2 Å². The number of carbonyl (C=O) groups excluding carboxylic acids is 1. The average molecular weight is 275 g/mol. The van der Waals surface area contributed by atoms with E-state index < -0.39 is 0 Å². The van der Waals surface area contributed by atoms with Crippen molar-refractivity contribution in [1.82, 2.24) is 10.3 Å². The average Bonchev–Trinajstić information content (AvgIpc) is 2.72. The lowest BCUT2D eigenvalue weighted by molar-refractivity contribution is 0.0895. The molecule has 0 aromatic carbocycles. The van der Waals surface area contributed by atoms with Crippen LogP contribution in [0.4, 0.5) is 5.69 Å². The molecule has 19 heavy (non-hydrogen) atoms. The fourth-order valence-corrected chi connectivity index (χ4v) is 3.44. The van der Waals surface area contributed by atoms with E-state index in [-0.39, 0.29) is 11.3 Å². The Balaban J connectivity index is 1.79. The molecule has 1 amide bonds. The Morgan fingerprint density at radius 1 is 1.58 bits per heavy atom. The number of hydrogen-bond acceptors (Lipinski definition) is 4. The van der Waals surface area contributed by atoms with Gasteiger partial charge in [-0.1, -0.05) is 13.3 Å². The van der Waals surface area contributed by atoms with Gasteiger partial charge in [0.25, 0.3) is 5.91 Å². The number of thiophene rings is 1. The predicted octanol–water partition coefficient (Wildman–Crippen LogP) is 2.80. The van der Waals surface area contributed by atoms with Crippen LogP contribution in [0.2, 0.25) is 0 Å².